The van der Waals surface area contributed by atoms with Gasteiger partial charge in [-0.3, -0.25) is 4.72 Å². The number of hydrogen-bond donors (Lipinski definition) is 2. The van der Waals surface area contributed by atoms with Crippen LogP contribution in [0.2, 0.25) is 0 Å². The lowest BCUT2D eigenvalue weighted by molar-refractivity contribution is 0.598. The van der Waals surface area contributed by atoms with Crippen molar-refractivity contribution in [2.75, 3.05) is 10.5 Å². The van der Waals surface area contributed by atoms with E-state index in [9.17, 15) is 12.8 Å². The maximum atomic E-state index is 13.0. The van der Waals surface area contributed by atoms with E-state index in [0.29, 0.717) is 16.9 Å². The minimum absolute atomic E-state index is 0.0251. The van der Waals surface area contributed by atoms with Crippen LogP contribution in [0.1, 0.15) is 5.56 Å². The van der Waals surface area contributed by atoms with Crippen LogP contribution in [-0.2, 0) is 10.0 Å². The van der Waals surface area contributed by atoms with Gasteiger partial charge in [0.05, 0.1) is 16.3 Å². The molecule has 0 amide bonds. The fourth-order valence-corrected chi connectivity index (χ4v) is 3.02. The predicted molar refractivity (Wildman–Crippen MR) is 72.8 cm³/mol. The number of para-hydroxylation sites is 2. The highest BCUT2D eigenvalue weighted by Crippen LogP contribution is 2.23. The van der Waals surface area contributed by atoms with Gasteiger partial charge in [0.2, 0.25) is 0 Å². The van der Waals surface area contributed by atoms with Crippen LogP contribution in [0.25, 0.3) is 0 Å². The van der Waals surface area contributed by atoms with E-state index < -0.39 is 15.8 Å². The van der Waals surface area contributed by atoms with Crippen molar-refractivity contribution in [3.8, 4) is 0 Å². The second-order valence-electron chi connectivity index (χ2n) is 4.10. The molecule has 0 fully saturated rings. The van der Waals surface area contributed by atoms with E-state index in [0.717, 1.165) is 6.07 Å². The first kappa shape index (κ1) is 13.4. The predicted octanol–water partition coefficient (Wildman–Crippen LogP) is 2.52. The molecule has 3 N–H and O–H groups in total. The molecule has 2 aromatic carbocycles. The molecule has 0 aliphatic rings. The lowest BCUT2D eigenvalue weighted by Gasteiger charge is -2.11. The number of nitrogen functional groups attached to an aromatic ring is 1. The molecule has 0 heterocycles. The Kier molecular flexibility index (Phi) is 3.44. The maximum Gasteiger partial charge on any atom is 0.262 e. The smallest absolute Gasteiger partial charge is 0.262 e. The number of benzene rings is 2. The summed E-state index contributed by atoms with van der Waals surface area (Å²) in [6.07, 6.45) is 0. The summed E-state index contributed by atoms with van der Waals surface area (Å²) in [5.74, 6) is -0.476. The number of halogens is 1. The quantitative estimate of drug-likeness (QED) is 0.848. The summed E-state index contributed by atoms with van der Waals surface area (Å²) in [5.41, 5.74) is 6.64. The van der Waals surface area contributed by atoms with Crippen molar-refractivity contribution in [1.29, 1.82) is 0 Å². The van der Waals surface area contributed by atoms with Crippen LogP contribution < -0.4 is 10.5 Å². The highest BCUT2D eigenvalue weighted by Gasteiger charge is 2.18. The molecule has 6 heteroatoms. The van der Waals surface area contributed by atoms with E-state index in [1.54, 1.807) is 24.3 Å². The van der Waals surface area contributed by atoms with Gasteiger partial charge in [0, 0.05) is 0 Å². The van der Waals surface area contributed by atoms with Crippen molar-refractivity contribution in [2.45, 2.75) is 11.8 Å². The zero-order valence-corrected chi connectivity index (χ0v) is 11.0. The Labute approximate surface area is 111 Å². The summed E-state index contributed by atoms with van der Waals surface area (Å²) >= 11 is 0. The SMILES string of the molecule is Cc1cc(F)ccc1S(=O)(=O)Nc1ccccc1N. The van der Waals surface area contributed by atoms with Crippen molar-refractivity contribution in [3.63, 3.8) is 0 Å². The molecule has 100 valence electrons. The molecule has 4 nitrogen and oxygen atoms in total. The zero-order chi connectivity index (χ0) is 14.0. The molecular formula is C13H13FN2O2S. The summed E-state index contributed by atoms with van der Waals surface area (Å²) in [6.45, 7) is 1.53. The average molecular weight is 280 g/mol. The third-order valence-electron chi connectivity index (χ3n) is 2.63. The number of aryl methyl sites for hydroxylation is 1. The van der Waals surface area contributed by atoms with Gasteiger partial charge in [0.15, 0.2) is 0 Å². The van der Waals surface area contributed by atoms with Gasteiger partial charge in [-0.25, -0.2) is 12.8 Å². The molecule has 0 aliphatic heterocycles. The van der Waals surface area contributed by atoms with Crippen LogP contribution >= 0.6 is 0 Å². The van der Waals surface area contributed by atoms with Crippen LogP contribution in [0, 0.1) is 12.7 Å². The standard InChI is InChI=1S/C13H13FN2O2S/c1-9-8-10(14)6-7-13(9)19(17,18)16-12-5-3-2-4-11(12)15/h2-8,16H,15H2,1H3. The van der Waals surface area contributed by atoms with Crippen molar-refractivity contribution in [1.82, 2.24) is 0 Å². The fourth-order valence-electron chi connectivity index (χ4n) is 1.70. The van der Waals surface area contributed by atoms with E-state index >= 15 is 0 Å². The minimum atomic E-state index is -3.78. The number of nitrogens with one attached hydrogen (secondary N) is 1. The van der Waals surface area contributed by atoms with Gasteiger partial charge in [-0.15, -0.1) is 0 Å². The van der Waals surface area contributed by atoms with Crippen LogP contribution in [0.4, 0.5) is 15.8 Å². The lowest BCUT2D eigenvalue weighted by atomic mass is 10.2. The Bertz CT molecular complexity index is 714. The topological polar surface area (TPSA) is 72.2 Å². The van der Waals surface area contributed by atoms with Crippen LogP contribution in [0.15, 0.2) is 47.4 Å². The summed E-state index contributed by atoms with van der Waals surface area (Å²) in [4.78, 5) is 0.0251. The van der Waals surface area contributed by atoms with E-state index in [1.165, 1.54) is 19.1 Å². The number of nitrogens with two attached hydrogens (primary N) is 1. The third kappa shape index (κ3) is 2.85. The van der Waals surface area contributed by atoms with E-state index in [-0.39, 0.29) is 4.90 Å². The number of sulfonamides is 1. The molecule has 0 aromatic heterocycles. The van der Waals surface area contributed by atoms with Gasteiger partial charge in [0.1, 0.15) is 5.82 Å². The first-order chi connectivity index (χ1) is 8.90. The van der Waals surface area contributed by atoms with Gasteiger partial charge < -0.3 is 5.73 Å². The second-order valence-corrected chi connectivity index (χ2v) is 5.75. The second kappa shape index (κ2) is 4.89. The van der Waals surface area contributed by atoms with Crippen molar-refractivity contribution in [2.24, 2.45) is 0 Å². The van der Waals surface area contributed by atoms with Crippen LogP contribution in [0.3, 0.4) is 0 Å². The average Bonchev–Trinajstić information content (AvgIpc) is 2.31. The Morgan fingerprint density at radius 2 is 1.84 bits per heavy atom. The van der Waals surface area contributed by atoms with E-state index in [4.69, 9.17) is 5.73 Å². The number of hydrogen-bond acceptors (Lipinski definition) is 3. The Hall–Kier alpha value is -2.08. The third-order valence-corrected chi connectivity index (χ3v) is 4.16. The Morgan fingerprint density at radius 3 is 2.47 bits per heavy atom. The first-order valence-corrected chi connectivity index (χ1v) is 7.02. The van der Waals surface area contributed by atoms with E-state index in [1.807, 2.05) is 0 Å². The van der Waals surface area contributed by atoms with Gasteiger partial charge >= 0.3 is 0 Å². The molecule has 0 spiro atoms. The van der Waals surface area contributed by atoms with Crippen molar-refractivity contribution >= 4 is 21.4 Å². The summed E-state index contributed by atoms with van der Waals surface area (Å²) in [6, 6.07) is 10.0. The highest BCUT2D eigenvalue weighted by atomic mass is 32.2. The van der Waals surface area contributed by atoms with Crippen LogP contribution in [-0.4, -0.2) is 8.42 Å². The monoisotopic (exact) mass is 280 g/mol. The molecule has 0 aliphatic carbocycles. The highest BCUT2D eigenvalue weighted by molar-refractivity contribution is 7.92. The van der Waals surface area contributed by atoms with Gasteiger partial charge in [-0.05, 0) is 42.8 Å². The number of anilines is 2. The Morgan fingerprint density at radius 1 is 1.16 bits per heavy atom. The summed E-state index contributed by atoms with van der Waals surface area (Å²) in [7, 11) is -3.78. The first-order valence-electron chi connectivity index (χ1n) is 5.53. The number of rotatable bonds is 3. The van der Waals surface area contributed by atoms with Crippen molar-refractivity contribution < 1.29 is 12.8 Å². The largest absolute Gasteiger partial charge is 0.397 e. The van der Waals surface area contributed by atoms with Gasteiger partial charge in [0.25, 0.3) is 10.0 Å². The summed E-state index contributed by atoms with van der Waals surface area (Å²) < 4.78 is 39.8. The maximum absolute atomic E-state index is 13.0. The van der Waals surface area contributed by atoms with Crippen LogP contribution in [0.5, 0.6) is 0 Å². The van der Waals surface area contributed by atoms with E-state index in [2.05, 4.69) is 4.72 Å². The van der Waals surface area contributed by atoms with Gasteiger partial charge in [-0.1, -0.05) is 12.1 Å². The Balaban J connectivity index is 2.41. The molecule has 0 saturated heterocycles. The van der Waals surface area contributed by atoms with Gasteiger partial charge in [-0.2, -0.15) is 0 Å². The lowest BCUT2D eigenvalue weighted by Crippen LogP contribution is -2.15. The molecular weight excluding hydrogens is 267 g/mol. The minimum Gasteiger partial charge on any atom is -0.397 e. The molecule has 2 rings (SSSR count). The molecule has 0 radical (unpaired) electrons. The zero-order valence-electron chi connectivity index (χ0n) is 10.2. The molecule has 0 atom stereocenters. The molecule has 0 bridgehead atoms. The molecule has 19 heavy (non-hydrogen) atoms. The summed E-state index contributed by atoms with van der Waals surface area (Å²) in [5, 5.41) is 0. The molecule has 2 aromatic rings. The molecule has 0 saturated carbocycles. The normalized spacial score (nSPS) is 11.3. The molecule has 0 unspecified atom stereocenters. The van der Waals surface area contributed by atoms with Crippen molar-refractivity contribution in [3.05, 3.63) is 53.8 Å². The fraction of sp³-hybridized carbons (Fsp3) is 0.0769.